The summed E-state index contributed by atoms with van der Waals surface area (Å²) in [6, 6.07) is 7.92. The third kappa shape index (κ3) is 2.71. The van der Waals surface area contributed by atoms with E-state index in [0.29, 0.717) is 6.54 Å². The zero-order valence-corrected chi connectivity index (χ0v) is 15.0. The van der Waals surface area contributed by atoms with E-state index in [1.165, 1.54) is 5.56 Å². The molecule has 0 aliphatic rings. The Morgan fingerprint density at radius 2 is 2.00 bits per heavy atom. The van der Waals surface area contributed by atoms with Gasteiger partial charge in [0.2, 0.25) is 0 Å². The molecule has 0 amide bonds. The second kappa shape index (κ2) is 6.53. The second-order valence-corrected chi connectivity index (χ2v) is 6.49. The Kier molecular flexibility index (Phi) is 4.44. The molecule has 24 heavy (non-hydrogen) atoms. The quantitative estimate of drug-likeness (QED) is 0.687. The Labute approximate surface area is 146 Å². The summed E-state index contributed by atoms with van der Waals surface area (Å²) in [5.41, 5.74) is 11.7. The van der Waals surface area contributed by atoms with Crippen LogP contribution in [0.1, 0.15) is 11.3 Å². The number of benzene rings is 1. The summed E-state index contributed by atoms with van der Waals surface area (Å²) in [5.74, 6) is 1.59. The van der Waals surface area contributed by atoms with Crippen molar-refractivity contribution in [3.63, 3.8) is 0 Å². The van der Waals surface area contributed by atoms with Gasteiger partial charge in [0.15, 0.2) is 0 Å². The molecule has 0 aliphatic carbocycles. The number of anilines is 1. The first kappa shape index (κ1) is 16.3. The number of hydrogen-bond donors (Lipinski definition) is 1. The van der Waals surface area contributed by atoms with Crippen LogP contribution in [0.3, 0.4) is 0 Å². The van der Waals surface area contributed by atoms with E-state index in [1.807, 2.05) is 30.3 Å². The molecule has 124 valence electrons. The fourth-order valence-electron chi connectivity index (χ4n) is 2.81. The maximum Gasteiger partial charge on any atom is 0.128 e. The summed E-state index contributed by atoms with van der Waals surface area (Å²) in [4.78, 5) is 4.80. The van der Waals surface area contributed by atoms with Crippen molar-refractivity contribution in [1.29, 1.82) is 0 Å². The first-order chi connectivity index (χ1) is 11.6. The molecule has 3 rings (SSSR count). The highest BCUT2D eigenvalue weighted by Crippen LogP contribution is 2.37. The van der Waals surface area contributed by atoms with Crippen LogP contribution in [0, 0.1) is 13.8 Å². The first-order valence-electron chi connectivity index (χ1n) is 7.73. The van der Waals surface area contributed by atoms with Crippen LogP contribution in [0.5, 0.6) is 5.75 Å². The molecule has 0 saturated carbocycles. The molecule has 0 saturated heterocycles. The minimum Gasteiger partial charge on any atom is -0.497 e. The molecule has 2 heterocycles. The third-order valence-electron chi connectivity index (χ3n) is 4.29. The highest BCUT2D eigenvalue weighted by molar-refractivity contribution is 7.13. The van der Waals surface area contributed by atoms with E-state index in [2.05, 4.69) is 30.4 Å². The zero-order valence-electron chi connectivity index (χ0n) is 14.2. The van der Waals surface area contributed by atoms with Gasteiger partial charge in [-0.3, -0.25) is 0 Å². The van der Waals surface area contributed by atoms with Gasteiger partial charge < -0.3 is 15.0 Å². The number of nitrogens with two attached hydrogens (primary N) is 1. The van der Waals surface area contributed by atoms with Crippen molar-refractivity contribution in [2.75, 3.05) is 12.8 Å². The number of nitrogen functional groups attached to an aromatic ring is 1. The minimum atomic E-state index is 0.704. The minimum absolute atomic E-state index is 0.704. The summed E-state index contributed by atoms with van der Waals surface area (Å²) in [7, 11) is 1.66. The van der Waals surface area contributed by atoms with E-state index in [1.54, 1.807) is 18.4 Å². The normalized spacial score (nSPS) is 10.8. The fourth-order valence-corrected chi connectivity index (χ4v) is 3.75. The van der Waals surface area contributed by atoms with Crippen molar-refractivity contribution in [2.24, 2.45) is 0 Å². The van der Waals surface area contributed by atoms with Crippen LogP contribution >= 0.6 is 11.3 Å². The Hall–Kier alpha value is -2.53. The van der Waals surface area contributed by atoms with Gasteiger partial charge in [0.1, 0.15) is 16.6 Å². The molecular formula is C19H21N3OS. The Bertz CT molecular complexity index is 875. The van der Waals surface area contributed by atoms with Crippen LogP contribution in [0.2, 0.25) is 0 Å². The van der Waals surface area contributed by atoms with Crippen LogP contribution in [-0.2, 0) is 6.54 Å². The lowest BCUT2D eigenvalue weighted by Gasteiger charge is -2.05. The fraction of sp³-hybridized carbons (Fsp3) is 0.211. The van der Waals surface area contributed by atoms with Crippen LogP contribution in [-0.4, -0.2) is 16.7 Å². The standard InChI is InChI=1S/C19H21N3OS/c1-5-10-22-13(3)12(2)17(18(22)20)19-21-16(11-24-19)14-6-8-15(23-4)9-7-14/h5-9,11H,1,10,20H2,2-4H3. The van der Waals surface area contributed by atoms with Crippen LogP contribution < -0.4 is 10.5 Å². The van der Waals surface area contributed by atoms with Gasteiger partial charge in [0.05, 0.1) is 18.4 Å². The van der Waals surface area contributed by atoms with Gasteiger partial charge in [-0.15, -0.1) is 17.9 Å². The van der Waals surface area contributed by atoms with Gasteiger partial charge in [-0.2, -0.15) is 0 Å². The summed E-state index contributed by atoms with van der Waals surface area (Å²) >= 11 is 1.61. The van der Waals surface area contributed by atoms with Crippen LogP contribution in [0.15, 0.2) is 42.3 Å². The lowest BCUT2D eigenvalue weighted by atomic mass is 10.1. The van der Waals surface area contributed by atoms with E-state index in [0.717, 1.165) is 39.1 Å². The molecule has 0 bridgehead atoms. The molecule has 5 heteroatoms. The molecule has 4 nitrogen and oxygen atoms in total. The number of methoxy groups -OCH3 is 1. The van der Waals surface area contributed by atoms with Crippen LogP contribution in [0.4, 0.5) is 5.82 Å². The first-order valence-corrected chi connectivity index (χ1v) is 8.61. The van der Waals surface area contributed by atoms with Gasteiger partial charge in [-0.25, -0.2) is 4.98 Å². The van der Waals surface area contributed by atoms with Crippen molar-refractivity contribution in [3.05, 3.63) is 53.6 Å². The largest absolute Gasteiger partial charge is 0.497 e. The average molecular weight is 339 g/mol. The van der Waals surface area contributed by atoms with E-state index >= 15 is 0 Å². The second-order valence-electron chi connectivity index (χ2n) is 5.64. The monoisotopic (exact) mass is 339 g/mol. The summed E-state index contributed by atoms with van der Waals surface area (Å²) in [6.45, 7) is 8.68. The summed E-state index contributed by atoms with van der Waals surface area (Å²) in [6.07, 6.45) is 1.86. The summed E-state index contributed by atoms with van der Waals surface area (Å²) in [5, 5.41) is 3.01. The lowest BCUT2D eigenvalue weighted by molar-refractivity contribution is 0.415. The lowest BCUT2D eigenvalue weighted by Crippen LogP contribution is -2.03. The third-order valence-corrected chi connectivity index (χ3v) is 5.14. The number of hydrogen-bond acceptors (Lipinski definition) is 4. The number of aromatic nitrogens is 2. The van der Waals surface area contributed by atoms with Crippen molar-refractivity contribution in [2.45, 2.75) is 20.4 Å². The van der Waals surface area contributed by atoms with Crippen molar-refractivity contribution >= 4 is 17.2 Å². The molecule has 3 aromatic rings. The Morgan fingerprint density at radius 3 is 2.62 bits per heavy atom. The molecule has 0 atom stereocenters. The molecule has 0 spiro atoms. The molecule has 0 radical (unpaired) electrons. The number of allylic oxidation sites excluding steroid dienone is 1. The van der Waals surface area contributed by atoms with Gasteiger partial charge in [0.25, 0.3) is 0 Å². The maximum absolute atomic E-state index is 6.37. The smallest absolute Gasteiger partial charge is 0.128 e. The molecular weight excluding hydrogens is 318 g/mol. The number of thiazole rings is 1. The summed E-state index contributed by atoms with van der Waals surface area (Å²) < 4.78 is 7.28. The van der Waals surface area contributed by atoms with Crippen molar-refractivity contribution in [3.8, 4) is 27.6 Å². The van der Waals surface area contributed by atoms with Crippen molar-refractivity contribution < 1.29 is 4.74 Å². The maximum atomic E-state index is 6.37. The van der Waals surface area contributed by atoms with E-state index in [4.69, 9.17) is 15.5 Å². The average Bonchev–Trinajstić information content (AvgIpc) is 3.15. The van der Waals surface area contributed by atoms with Gasteiger partial charge in [-0.1, -0.05) is 6.08 Å². The molecule has 2 aromatic heterocycles. The van der Waals surface area contributed by atoms with E-state index in [-0.39, 0.29) is 0 Å². The van der Waals surface area contributed by atoms with E-state index < -0.39 is 0 Å². The highest BCUT2D eigenvalue weighted by Gasteiger charge is 2.19. The predicted molar refractivity (Wildman–Crippen MR) is 102 cm³/mol. The molecule has 0 fully saturated rings. The molecule has 0 aliphatic heterocycles. The van der Waals surface area contributed by atoms with Gasteiger partial charge in [-0.05, 0) is 43.7 Å². The molecule has 1 aromatic carbocycles. The van der Waals surface area contributed by atoms with E-state index in [9.17, 15) is 0 Å². The number of nitrogens with zero attached hydrogens (tertiary/aromatic N) is 2. The highest BCUT2D eigenvalue weighted by atomic mass is 32.1. The topological polar surface area (TPSA) is 53.1 Å². The molecule has 0 unspecified atom stereocenters. The molecule has 2 N–H and O–H groups in total. The number of ether oxygens (including phenoxy) is 1. The van der Waals surface area contributed by atoms with Crippen LogP contribution in [0.25, 0.3) is 21.8 Å². The van der Waals surface area contributed by atoms with Gasteiger partial charge in [0, 0.05) is 23.2 Å². The SMILES string of the molecule is C=CCn1c(C)c(C)c(-c2nc(-c3ccc(OC)cc3)cs2)c1N. The Morgan fingerprint density at radius 1 is 1.29 bits per heavy atom. The predicted octanol–water partition coefficient (Wildman–Crippen LogP) is 4.67. The van der Waals surface area contributed by atoms with Crippen molar-refractivity contribution in [1.82, 2.24) is 9.55 Å². The zero-order chi connectivity index (χ0) is 17.3. The van der Waals surface area contributed by atoms with Gasteiger partial charge >= 0.3 is 0 Å². The number of rotatable bonds is 5. The Balaban J connectivity index is 2.01.